The Bertz CT molecular complexity index is 164. The van der Waals surface area contributed by atoms with Crippen molar-refractivity contribution in [2.75, 3.05) is 0 Å². The predicted molar refractivity (Wildman–Crippen MR) is 63.0 cm³/mol. The summed E-state index contributed by atoms with van der Waals surface area (Å²) < 4.78 is 0. The Balaban J connectivity index is 3.89. The van der Waals surface area contributed by atoms with Crippen molar-refractivity contribution in [3.8, 4) is 0 Å². The van der Waals surface area contributed by atoms with E-state index in [9.17, 15) is 0 Å². The van der Waals surface area contributed by atoms with Crippen molar-refractivity contribution >= 4 is 17.3 Å². The zero-order valence-corrected chi connectivity index (χ0v) is 10.2. The summed E-state index contributed by atoms with van der Waals surface area (Å²) in [5.74, 6) is 0. The Morgan fingerprint density at radius 2 is 1.92 bits per heavy atom. The van der Waals surface area contributed by atoms with Gasteiger partial charge in [0, 0.05) is 11.6 Å². The molecule has 0 aliphatic rings. The van der Waals surface area contributed by atoms with Crippen LogP contribution in [0, 0.1) is 0 Å². The molecule has 0 aromatic heterocycles. The Kier molecular flexibility index (Phi) is 5.30. The molecular weight excluding hydrogens is 180 g/mol. The van der Waals surface area contributed by atoms with Crippen LogP contribution in [0.25, 0.3) is 0 Å². The third kappa shape index (κ3) is 6.82. The first-order valence-electron chi connectivity index (χ1n) is 4.96. The maximum atomic E-state index is 5.17. The first kappa shape index (κ1) is 12.7. The van der Waals surface area contributed by atoms with E-state index < -0.39 is 0 Å². The van der Waals surface area contributed by atoms with Gasteiger partial charge in [0.25, 0.3) is 0 Å². The first-order chi connectivity index (χ1) is 5.87. The Morgan fingerprint density at radius 3 is 2.31 bits per heavy atom. The molecular formula is C10H22N2S. The molecule has 0 amide bonds. The number of hydrogen-bond donors (Lipinski definition) is 2. The fourth-order valence-corrected chi connectivity index (χ4v) is 1.81. The fourth-order valence-electron chi connectivity index (χ4n) is 1.29. The normalized spacial score (nSPS) is 11.5. The van der Waals surface area contributed by atoms with Crippen LogP contribution in [0.1, 0.15) is 47.5 Å². The SMILES string of the molecule is CCCC(C)(C)NC(=S)NC(C)C. The summed E-state index contributed by atoms with van der Waals surface area (Å²) in [4.78, 5) is 0. The second-order valence-electron chi connectivity index (χ2n) is 4.39. The van der Waals surface area contributed by atoms with Gasteiger partial charge in [0.15, 0.2) is 5.11 Å². The van der Waals surface area contributed by atoms with Gasteiger partial charge in [-0.05, 0) is 46.3 Å². The van der Waals surface area contributed by atoms with Gasteiger partial charge in [-0.25, -0.2) is 0 Å². The molecule has 3 heteroatoms. The lowest BCUT2D eigenvalue weighted by atomic mass is 9.99. The summed E-state index contributed by atoms with van der Waals surface area (Å²) in [6.45, 7) is 10.7. The molecule has 0 aliphatic carbocycles. The van der Waals surface area contributed by atoms with Crippen molar-refractivity contribution in [1.82, 2.24) is 10.6 Å². The molecule has 78 valence electrons. The Hall–Kier alpha value is -0.310. The Morgan fingerprint density at radius 1 is 1.38 bits per heavy atom. The minimum absolute atomic E-state index is 0.105. The highest BCUT2D eigenvalue weighted by Crippen LogP contribution is 2.10. The quantitative estimate of drug-likeness (QED) is 0.685. The van der Waals surface area contributed by atoms with Crippen LogP contribution in [-0.2, 0) is 0 Å². The third-order valence-electron chi connectivity index (χ3n) is 1.75. The van der Waals surface area contributed by atoms with Crippen LogP contribution in [0.4, 0.5) is 0 Å². The van der Waals surface area contributed by atoms with Crippen LogP contribution in [0.15, 0.2) is 0 Å². The molecule has 0 rings (SSSR count). The highest BCUT2D eigenvalue weighted by atomic mass is 32.1. The van der Waals surface area contributed by atoms with Crippen molar-refractivity contribution < 1.29 is 0 Å². The molecule has 0 fully saturated rings. The number of rotatable bonds is 4. The highest BCUT2D eigenvalue weighted by Gasteiger charge is 2.16. The zero-order chi connectivity index (χ0) is 10.5. The summed E-state index contributed by atoms with van der Waals surface area (Å²) in [6, 6.07) is 0.400. The number of thiocarbonyl (C=S) groups is 1. The van der Waals surface area contributed by atoms with Gasteiger partial charge in [-0.15, -0.1) is 0 Å². The molecule has 13 heavy (non-hydrogen) atoms. The highest BCUT2D eigenvalue weighted by molar-refractivity contribution is 7.80. The number of nitrogens with one attached hydrogen (secondary N) is 2. The summed E-state index contributed by atoms with van der Waals surface area (Å²) >= 11 is 5.17. The maximum absolute atomic E-state index is 5.17. The van der Waals surface area contributed by atoms with Crippen LogP contribution < -0.4 is 10.6 Å². The lowest BCUT2D eigenvalue weighted by molar-refractivity contribution is 0.416. The van der Waals surface area contributed by atoms with Gasteiger partial charge in [-0.2, -0.15) is 0 Å². The molecule has 0 aromatic rings. The predicted octanol–water partition coefficient (Wildman–Crippen LogP) is 2.44. The average molecular weight is 202 g/mol. The van der Waals surface area contributed by atoms with Crippen molar-refractivity contribution in [3.05, 3.63) is 0 Å². The summed E-state index contributed by atoms with van der Waals surface area (Å²) in [5.41, 5.74) is 0.105. The van der Waals surface area contributed by atoms with Crippen molar-refractivity contribution in [2.24, 2.45) is 0 Å². The van der Waals surface area contributed by atoms with Crippen LogP contribution >= 0.6 is 12.2 Å². The van der Waals surface area contributed by atoms with E-state index in [1.807, 2.05) is 0 Å². The molecule has 2 N–H and O–H groups in total. The zero-order valence-electron chi connectivity index (χ0n) is 9.40. The Labute approximate surface area is 87.5 Å². The molecule has 0 radical (unpaired) electrons. The number of hydrogen-bond acceptors (Lipinski definition) is 1. The van der Waals surface area contributed by atoms with E-state index in [4.69, 9.17) is 12.2 Å². The largest absolute Gasteiger partial charge is 0.361 e. The van der Waals surface area contributed by atoms with Gasteiger partial charge in [-0.1, -0.05) is 13.3 Å². The fraction of sp³-hybridized carbons (Fsp3) is 0.900. The molecule has 0 bridgehead atoms. The minimum atomic E-state index is 0.105. The smallest absolute Gasteiger partial charge is 0.166 e. The van der Waals surface area contributed by atoms with Gasteiger partial charge < -0.3 is 10.6 Å². The van der Waals surface area contributed by atoms with Crippen LogP contribution in [0.2, 0.25) is 0 Å². The first-order valence-corrected chi connectivity index (χ1v) is 5.37. The monoisotopic (exact) mass is 202 g/mol. The molecule has 0 saturated heterocycles. The third-order valence-corrected chi connectivity index (χ3v) is 1.97. The molecule has 0 heterocycles. The standard InChI is InChI=1S/C10H22N2S/c1-6-7-10(4,5)12-9(13)11-8(2)3/h8H,6-7H2,1-5H3,(H2,11,12,13). The van der Waals surface area contributed by atoms with Crippen LogP contribution in [0.3, 0.4) is 0 Å². The minimum Gasteiger partial charge on any atom is -0.361 e. The average Bonchev–Trinajstić information content (AvgIpc) is 1.81. The van der Waals surface area contributed by atoms with Gasteiger partial charge >= 0.3 is 0 Å². The molecule has 0 aromatic carbocycles. The summed E-state index contributed by atoms with van der Waals surface area (Å²) in [7, 11) is 0. The molecule has 2 nitrogen and oxygen atoms in total. The summed E-state index contributed by atoms with van der Waals surface area (Å²) in [5, 5.41) is 7.24. The van der Waals surface area contributed by atoms with Crippen LogP contribution in [-0.4, -0.2) is 16.7 Å². The van der Waals surface area contributed by atoms with Crippen molar-refractivity contribution in [2.45, 2.75) is 59.0 Å². The van der Waals surface area contributed by atoms with Crippen molar-refractivity contribution in [3.63, 3.8) is 0 Å². The second kappa shape index (κ2) is 5.43. The molecule has 0 unspecified atom stereocenters. The lowest BCUT2D eigenvalue weighted by Gasteiger charge is -2.28. The maximum Gasteiger partial charge on any atom is 0.166 e. The summed E-state index contributed by atoms with van der Waals surface area (Å²) in [6.07, 6.45) is 2.30. The van der Waals surface area contributed by atoms with Gasteiger partial charge in [0.05, 0.1) is 0 Å². The lowest BCUT2D eigenvalue weighted by Crippen LogP contribution is -2.49. The van der Waals surface area contributed by atoms with E-state index in [2.05, 4.69) is 45.3 Å². The van der Waals surface area contributed by atoms with Crippen LogP contribution in [0.5, 0.6) is 0 Å². The van der Waals surface area contributed by atoms with E-state index in [1.165, 1.54) is 6.42 Å². The van der Waals surface area contributed by atoms with E-state index >= 15 is 0 Å². The molecule has 0 spiro atoms. The molecule has 0 aliphatic heterocycles. The second-order valence-corrected chi connectivity index (χ2v) is 4.80. The van der Waals surface area contributed by atoms with E-state index in [0.717, 1.165) is 11.5 Å². The van der Waals surface area contributed by atoms with Gasteiger partial charge in [-0.3, -0.25) is 0 Å². The van der Waals surface area contributed by atoms with Crippen molar-refractivity contribution in [1.29, 1.82) is 0 Å². The van der Waals surface area contributed by atoms with Gasteiger partial charge in [0.2, 0.25) is 0 Å². The van der Waals surface area contributed by atoms with E-state index in [1.54, 1.807) is 0 Å². The molecule has 0 atom stereocenters. The van der Waals surface area contributed by atoms with Gasteiger partial charge in [0.1, 0.15) is 0 Å². The molecule has 0 saturated carbocycles. The van der Waals surface area contributed by atoms with E-state index in [-0.39, 0.29) is 5.54 Å². The topological polar surface area (TPSA) is 24.1 Å². The van der Waals surface area contributed by atoms with E-state index in [0.29, 0.717) is 6.04 Å².